The smallest absolute Gasteiger partial charge is 0.410 e. The van der Waals surface area contributed by atoms with Crippen molar-refractivity contribution < 1.29 is 18.7 Å². The number of carbonyl (C=O) groups excluding carboxylic acids is 1. The van der Waals surface area contributed by atoms with Gasteiger partial charge in [-0.1, -0.05) is 6.07 Å². The maximum Gasteiger partial charge on any atom is 0.410 e. The van der Waals surface area contributed by atoms with E-state index >= 15 is 4.39 Å². The van der Waals surface area contributed by atoms with Gasteiger partial charge < -0.3 is 19.7 Å². The Morgan fingerprint density at radius 1 is 1.25 bits per heavy atom. The molecule has 1 amide bonds. The Bertz CT molecular complexity index is 1260. The lowest BCUT2D eigenvalue weighted by Crippen LogP contribution is -2.46. The van der Waals surface area contributed by atoms with Crippen LogP contribution < -0.4 is 10.1 Å². The lowest BCUT2D eigenvalue weighted by Gasteiger charge is -2.36. The first-order valence-corrected chi connectivity index (χ1v) is 11.5. The summed E-state index contributed by atoms with van der Waals surface area (Å²) in [7, 11) is 1.56. The van der Waals surface area contributed by atoms with Crippen molar-refractivity contribution in [3.8, 4) is 23.1 Å². The van der Waals surface area contributed by atoms with Gasteiger partial charge in [0.1, 0.15) is 29.4 Å². The number of nitriles is 1. The maximum atomic E-state index is 15.2. The van der Waals surface area contributed by atoms with E-state index in [9.17, 15) is 4.79 Å². The predicted molar refractivity (Wildman–Crippen MR) is 131 cm³/mol. The molecule has 36 heavy (non-hydrogen) atoms. The van der Waals surface area contributed by atoms with Gasteiger partial charge in [-0.3, -0.25) is 5.10 Å². The van der Waals surface area contributed by atoms with Crippen LogP contribution in [0.4, 0.5) is 20.8 Å². The third-order valence-electron chi connectivity index (χ3n) is 5.74. The zero-order valence-corrected chi connectivity index (χ0v) is 20.6. The minimum atomic E-state index is -1.22. The van der Waals surface area contributed by atoms with E-state index in [0.717, 1.165) is 11.1 Å². The topological polar surface area (TPSA) is 129 Å². The van der Waals surface area contributed by atoms with E-state index in [1.54, 1.807) is 33.9 Å². The Balaban J connectivity index is 1.46. The number of rotatable bonds is 5. The second kappa shape index (κ2) is 10.2. The maximum absolute atomic E-state index is 15.2. The van der Waals surface area contributed by atoms with Gasteiger partial charge in [0.15, 0.2) is 11.5 Å². The van der Waals surface area contributed by atoms with Gasteiger partial charge in [-0.2, -0.15) is 10.4 Å². The first-order valence-electron chi connectivity index (χ1n) is 11.5. The second-order valence-electron chi connectivity index (χ2n) is 9.49. The van der Waals surface area contributed by atoms with Gasteiger partial charge in [0.2, 0.25) is 0 Å². The van der Waals surface area contributed by atoms with Crippen molar-refractivity contribution in [3.63, 3.8) is 0 Å². The molecule has 3 heterocycles. The molecule has 1 fully saturated rings. The molecule has 11 heteroatoms. The molecule has 0 aliphatic carbocycles. The third-order valence-corrected chi connectivity index (χ3v) is 5.74. The Morgan fingerprint density at radius 3 is 2.69 bits per heavy atom. The number of H-pyrrole nitrogens is 1. The monoisotopic (exact) mass is 493 g/mol. The number of carbonyl (C=O) groups is 1. The molecule has 10 nitrogen and oxygen atoms in total. The minimum Gasteiger partial charge on any atom is -0.496 e. The molecule has 0 saturated carbocycles. The van der Waals surface area contributed by atoms with E-state index in [2.05, 4.69) is 25.5 Å². The average molecular weight is 494 g/mol. The molecule has 0 radical (unpaired) electrons. The average Bonchev–Trinajstić information content (AvgIpc) is 3.31. The summed E-state index contributed by atoms with van der Waals surface area (Å²) in [5, 5.41) is 19.1. The summed E-state index contributed by atoms with van der Waals surface area (Å²) < 4.78 is 26.1. The third kappa shape index (κ3) is 5.71. The van der Waals surface area contributed by atoms with Gasteiger partial charge in [-0.15, -0.1) is 0 Å². The number of amides is 1. The zero-order valence-electron chi connectivity index (χ0n) is 20.6. The highest BCUT2D eigenvalue weighted by Crippen LogP contribution is 2.37. The number of alkyl halides is 1. The van der Waals surface area contributed by atoms with Gasteiger partial charge in [-0.05, 0) is 44.9 Å². The molecule has 188 valence electrons. The predicted octanol–water partition coefficient (Wildman–Crippen LogP) is 4.55. The van der Waals surface area contributed by atoms with E-state index < -0.39 is 17.9 Å². The molecule has 2 aromatic heterocycles. The van der Waals surface area contributed by atoms with Crippen LogP contribution in [0.3, 0.4) is 0 Å². The van der Waals surface area contributed by atoms with Gasteiger partial charge >= 0.3 is 6.09 Å². The van der Waals surface area contributed by atoms with Crippen molar-refractivity contribution in [1.82, 2.24) is 25.1 Å². The van der Waals surface area contributed by atoms with Crippen molar-refractivity contribution in [2.45, 2.75) is 44.9 Å². The summed E-state index contributed by atoms with van der Waals surface area (Å²) in [6, 6.07) is 9.27. The molecule has 3 aromatic rings. The number of methoxy groups -OCH3 is 1. The second-order valence-corrected chi connectivity index (χ2v) is 9.49. The van der Waals surface area contributed by atoms with Crippen molar-refractivity contribution in [3.05, 3.63) is 47.9 Å². The number of piperidine rings is 1. The summed E-state index contributed by atoms with van der Waals surface area (Å²) in [5.74, 6) is 1.16. The van der Waals surface area contributed by atoms with E-state index in [0.29, 0.717) is 36.0 Å². The fourth-order valence-electron chi connectivity index (χ4n) is 4.04. The van der Waals surface area contributed by atoms with E-state index in [4.69, 9.17) is 14.7 Å². The number of nitrogens with one attached hydrogen (secondary N) is 2. The summed E-state index contributed by atoms with van der Waals surface area (Å²) >= 11 is 0. The molecule has 0 spiro atoms. The highest BCUT2D eigenvalue weighted by molar-refractivity contribution is 5.71. The van der Waals surface area contributed by atoms with Gasteiger partial charge in [-0.25, -0.2) is 19.2 Å². The van der Waals surface area contributed by atoms with Crippen LogP contribution in [-0.4, -0.2) is 63.1 Å². The van der Waals surface area contributed by atoms with Crippen LogP contribution in [0.5, 0.6) is 5.75 Å². The molecule has 2 N–H and O–H groups in total. The molecule has 1 aromatic carbocycles. The van der Waals surface area contributed by atoms with Crippen LogP contribution in [0.1, 0.15) is 44.4 Å². The number of benzene rings is 1. The number of halogens is 1. The number of ether oxygens (including phenoxy) is 2. The number of aromatic nitrogens is 4. The van der Waals surface area contributed by atoms with Gasteiger partial charge in [0.25, 0.3) is 0 Å². The first-order chi connectivity index (χ1) is 17.2. The molecule has 4 rings (SSSR count). The minimum absolute atomic E-state index is 0.0164. The SMILES string of the molecule is COc1cc(C2CCN(C(=O)OC(C)(C)C)CC2F)ccc1-c1cc(Nc2cnc(C#N)cn2)n[nH]1. The van der Waals surface area contributed by atoms with Gasteiger partial charge in [0, 0.05) is 24.1 Å². The molecule has 0 bridgehead atoms. The number of nitrogens with zero attached hydrogens (tertiary/aromatic N) is 5. The summed E-state index contributed by atoms with van der Waals surface area (Å²) in [5.41, 5.74) is 1.85. The number of hydrogen-bond acceptors (Lipinski definition) is 8. The van der Waals surface area contributed by atoms with Crippen molar-refractivity contribution in [1.29, 1.82) is 5.26 Å². The van der Waals surface area contributed by atoms with Crippen LogP contribution in [0.2, 0.25) is 0 Å². The van der Waals surface area contributed by atoms with E-state index in [-0.39, 0.29) is 18.2 Å². The standard InChI is InChI=1S/C25H28FN7O3/c1-25(2,3)36-24(34)33-8-7-17(19(26)14-33)15-5-6-18(21(9-15)35-4)20-10-22(32-31-20)30-23-13-28-16(11-27)12-29-23/h5-6,9-10,12-13,17,19H,7-8,14H2,1-4H3,(H2,29,30,31,32). The first kappa shape index (κ1) is 24.9. The van der Waals surface area contributed by atoms with Crippen LogP contribution >= 0.6 is 0 Å². The lowest BCUT2D eigenvalue weighted by atomic mass is 9.87. The summed E-state index contributed by atoms with van der Waals surface area (Å²) in [6.45, 7) is 5.77. The Labute approximate surface area is 208 Å². The largest absolute Gasteiger partial charge is 0.496 e. The number of aromatic amines is 1. The number of likely N-dealkylation sites (tertiary alicyclic amines) is 1. The molecule has 2 atom stereocenters. The zero-order chi connectivity index (χ0) is 25.9. The number of anilines is 2. The molecular formula is C25H28FN7O3. The Kier molecular flexibility index (Phi) is 7.05. The highest BCUT2D eigenvalue weighted by Gasteiger charge is 2.34. The number of hydrogen-bond donors (Lipinski definition) is 2. The lowest BCUT2D eigenvalue weighted by molar-refractivity contribution is 0.0111. The molecule has 2 unspecified atom stereocenters. The van der Waals surface area contributed by atoms with Crippen LogP contribution in [-0.2, 0) is 4.74 Å². The van der Waals surface area contributed by atoms with E-state index in [1.807, 2.05) is 24.3 Å². The fourth-order valence-corrected chi connectivity index (χ4v) is 4.04. The summed E-state index contributed by atoms with van der Waals surface area (Å²) in [6.07, 6.45) is 1.58. The normalized spacial score (nSPS) is 17.8. The van der Waals surface area contributed by atoms with Crippen LogP contribution in [0.25, 0.3) is 11.3 Å². The van der Waals surface area contributed by atoms with E-state index in [1.165, 1.54) is 17.3 Å². The highest BCUT2D eigenvalue weighted by atomic mass is 19.1. The van der Waals surface area contributed by atoms with Crippen molar-refractivity contribution in [2.75, 3.05) is 25.5 Å². The molecule has 1 aliphatic heterocycles. The molecular weight excluding hydrogens is 465 g/mol. The molecule has 1 aliphatic rings. The fraction of sp³-hybridized carbons (Fsp3) is 0.400. The Morgan fingerprint density at radius 2 is 2.06 bits per heavy atom. The van der Waals surface area contributed by atoms with Crippen molar-refractivity contribution >= 4 is 17.7 Å². The Hall–Kier alpha value is -4.20. The van der Waals surface area contributed by atoms with Gasteiger partial charge in [0.05, 0.1) is 31.7 Å². The van der Waals surface area contributed by atoms with Crippen molar-refractivity contribution in [2.24, 2.45) is 0 Å². The quantitative estimate of drug-likeness (QED) is 0.529. The molecule has 1 saturated heterocycles. The summed E-state index contributed by atoms with van der Waals surface area (Å²) in [4.78, 5) is 21.9. The van der Waals surface area contributed by atoms with Crippen LogP contribution in [0, 0.1) is 11.3 Å². The van der Waals surface area contributed by atoms with Crippen LogP contribution in [0.15, 0.2) is 36.7 Å².